The minimum atomic E-state index is -0.798. The summed E-state index contributed by atoms with van der Waals surface area (Å²) in [6.07, 6.45) is 1.98. The number of hydrogen-bond acceptors (Lipinski definition) is 3. The van der Waals surface area contributed by atoms with Gasteiger partial charge in [0.2, 0.25) is 11.8 Å². The van der Waals surface area contributed by atoms with Gasteiger partial charge in [0.05, 0.1) is 5.92 Å². The number of rotatable bonds is 2. The topological polar surface area (TPSA) is 46.2 Å². The zero-order valence-electron chi connectivity index (χ0n) is 8.57. The number of hydrogen-bond donors (Lipinski definition) is 1. The maximum atomic E-state index is 11.5. The van der Waals surface area contributed by atoms with Gasteiger partial charge in [0.15, 0.2) is 0 Å². The maximum absolute atomic E-state index is 11.5. The SMILES string of the molecule is CSc1ccc(C2C(=O)NC(=O)C2Cl)cc1. The molecule has 1 heterocycles. The van der Waals surface area contributed by atoms with E-state index in [1.165, 1.54) is 0 Å². The van der Waals surface area contributed by atoms with Crippen molar-refractivity contribution < 1.29 is 9.59 Å². The molecule has 0 saturated carbocycles. The van der Waals surface area contributed by atoms with Gasteiger partial charge < -0.3 is 0 Å². The first kappa shape index (κ1) is 11.5. The second-order valence-electron chi connectivity index (χ2n) is 3.51. The number of alkyl halides is 1. The molecule has 2 amide bonds. The molecule has 16 heavy (non-hydrogen) atoms. The average Bonchev–Trinajstić information content (AvgIpc) is 2.54. The van der Waals surface area contributed by atoms with Crippen LogP contribution in [-0.4, -0.2) is 23.4 Å². The van der Waals surface area contributed by atoms with Crippen LogP contribution in [0.2, 0.25) is 0 Å². The van der Waals surface area contributed by atoms with E-state index in [1.54, 1.807) is 11.8 Å². The Morgan fingerprint density at radius 2 is 1.81 bits per heavy atom. The molecule has 1 fully saturated rings. The summed E-state index contributed by atoms with van der Waals surface area (Å²) in [6.45, 7) is 0. The molecule has 0 bridgehead atoms. The highest BCUT2D eigenvalue weighted by molar-refractivity contribution is 7.98. The highest BCUT2D eigenvalue weighted by Crippen LogP contribution is 2.29. The number of amides is 2. The van der Waals surface area contributed by atoms with Crippen LogP contribution >= 0.6 is 23.4 Å². The lowest BCUT2D eigenvalue weighted by molar-refractivity contribution is -0.125. The molecule has 1 N–H and O–H groups in total. The molecular formula is C11H10ClNO2S. The number of halogens is 1. The Morgan fingerprint density at radius 3 is 2.25 bits per heavy atom. The Morgan fingerprint density at radius 1 is 1.19 bits per heavy atom. The van der Waals surface area contributed by atoms with Gasteiger partial charge in [-0.15, -0.1) is 23.4 Å². The van der Waals surface area contributed by atoms with Crippen LogP contribution in [-0.2, 0) is 9.59 Å². The van der Waals surface area contributed by atoms with Crippen LogP contribution in [0.4, 0.5) is 0 Å². The third-order valence-corrected chi connectivity index (χ3v) is 3.74. The van der Waals surface area contributed by atoms with Gasteiger partial charge in [-0.2, -0.15) is 0 Å². The predicted octanol–water partition coefficient (Wildman–Crippen LogP) is 1.76. The summed E-state index contributed by atoms with van der Waals surface area (Å²) < 4.78 is 0. The van der Waals surface area contributed by atoms with E-state index in [2.05, 4.69) is 5.32 Å². The van der Waals surface area contributed by atoms with Crippen molar-refractivity contribution in [2.75, 3.05) is 6.26 Å². The van der Waals surface area contributed by atoms with Gasteiger partial charge in [-0.3, -0.25) is 14.9 Å². The number of benzene rings is 1. The van der Waals surface area contributed by atoms with E-state index in [9.17, 15) is 9.59 Å². The van der Waals surface area contributed by atoms with E-state index in [4.69, 9.17) is 11.6 Å². The fourth-order valence-corrected chi connectivity index (χ4v) is 2.41. The molecule has 1 aromatic carbocycles. The standard InChI is InChI=1S/C11H10ClNO2S/c1-16-7-4-2-6(3-5-7)8-9(12)11(15)13-10(8)14/h2-5,8-9H,1H3,(H,13,14,15). The molecule has 1 saturated heterocycles. The Hall–Kier alpha value is -1.00. The van der Waals surface area contributed by atoms with Crippen LogP contribution in [0.3, 0.4) is 0 Å². The van der Waals surface area contributed by atoms with Crippen LogP contribution in [0.15, 0.2) is 29.2 Å². The molecular weight excluding hydrogens is 246 g/mol. The number of imide groups is 1. The molecule has 5 heteroatoms. The zero-order valence-corrected chi connectivity index (χ0v) is 10.1. The summed E-state index contributed by atoms with van der Waals surface area (Å²) in [5.74, 6) is -1.29. The van der Waals surface area contributed by atoms with Crippen molar-refractivity contribution >= 4 is 35.2 Å². The van der Waals surface area contributed by atoms with Crippen LogP contribution < -0.4 is 5.32 Å². The molecule has 0 aromatic heterocycles. The van der Waals surface area contributed by atoms with E-state index < -0.39 is 17.2 Å². The third kappa shape index (κ3) is 1.95. The monoisotopic (exact) mass is 255 g/mol. The lowest BCUT2D eigenvalue weighted by atomic mass is 9.97. The molecule has 0 radical (unpaired) electrons. The van der Waals surface area contributed by atoms with Gasteiger partial charge >= 0.3 is 0 Å². The lowest BCUT2D eigenvalue weighted by Gasteiger charge is -2.10. The summed E-state index contributed by atoms with van der Waals surface area (Å²) in [7, 11) is 0. The number of carbonyl (C=O) groups is 2. The van der Waals surface area contributed by atoms with Crippen molar-refractivity contribution in [2.45, 2.75) is 16.2 Å². The Balaban J connectivity index is 2.29. The number of carbonyl (C=O) groups excluding carboxylic acids is 2. The van der Waals surface area contributed by atoms with Crippen molar-refractivity contribution in [3.8, 4) is 0 Å². The van der Waals surface area contributed by atoms with E-state index in [0.717, 1.165) is 10.5 Å². The van der Waals surface area contributed by atoms with Gasteiger partial charge in [0, 0.05) is 4.90 Å². The first-order valence-corrected chi connectivity index (χ1v) is 6.42. The van der Waals surface area contributed by atoms with E-state index in [1.807, 2.05) is 30.5 Å². The van der Waals surface area contributed by atoms with Crippen molar-refractivity contribution in [3.05, 3.63) is 29.8 Å². The minimum absolute atomic E-state index is 0.318. The zero-order chi connectivity index (χ0) is 11.7. The first-order valence-electron chi connectivity index (χ1n) is 4.76. The van der Waals surface area contributed by atoms with Crippen molar-refractivity contribution in [1.29, 1.82) is 0 Å². The molecule has 1 aliphatic rings. The normalized spacial score (nSPS) is 24.6. The van der Waals surface area contributed by atoms with Gasteiger partial charge in [0.1, 0.15) is 5.38 Å². The summed E-state index contributed by atoms with van der Waals surface area (Å²) in [6, 6.07) is 7.51. The highest BCUT2D eigenvalue weighted by atomic mass is 35.5. The second-order valence-corrected chi connectivity index (χ2v) is 4.86. The lowest BCUT2D eigenvalue weighted by Crippen LogP contribution is -2.22. The fourth-order valence-electron chi connectivity index (χ4n) is 1.68. The largest absolute Gasteiger partial charge is 0.295 e. The second kappa shape index (κ2) is 4.47. The summed E-state index contributed by atoms with van der Waals surface area (Å²) >= 11 is 7.52. The summed E-state index contributed by atoms with van der Waals surface area (Å²) in [5, 5.41) is 1.43. The van der Waals surface area contributed by atoms with Crippen LogP contribution in [0, 0.1) is 0 Å². The van der Waals surface area contributed by atoms with Gasteiger partial charge in [-0.25, -0.2) is 0 Å². The van der Waals surface area contributed by atoms with Gasteiger partial charge in [0.25, 0.3) is 0 Å². The molecule has 2 unspecified atom stereocenters. The first-order chi connectivity index (χ1) is 7.63. The summed E-state index contributed by atoms with van der Waals surface area (Å²) in [5.41, 5.74) is 0.779. The maximum Gasteiger partial charge on any atom is 0.245 e. The van der Waals surface area contributed by atoms with Crippen molar-refractivity contribution in [3.63, 3.8) is 0 Å². The van der Waals surface area contributed by atoms with Crippen LogP contribution in [0.25, 0.3) is 0 Å². The predicted molar refractivity (Wildman–Crippen MR) is 63.8 cm³/mol. The quantitative estimate of drug-likeness (QED) is 0.498. The molecule has 3 nitrogen and oxygen atoms in total. The molecule has 1 aliphatic heterocycles. The molecule has 1 aromatic rings. The summed E-state index contributed by atoms with van der Waals surface area (Å²) in [4.78, 5) is 23.9. The molecule has 0 aliphatic carbocycles. The van der Waals surface area contributed by atoms with Crippen molar-refractivity contribution in [1.82, 2.24) is 5.32 Å². The highest BCUT2D eigenvalue weighted by Gasteiger charge is 2.41. The number of nitrogens with one attached hydrogen (secondary N) is 1. The molecule has 2 atom stereocenters. The van der Waals surface area contributed by atoms with Crippen LogP contribution in [0.1, 0.15) is 11.5 Å². The Bertz CT molecular complexity index is 432. The minimum Gasteiger partial charge on any atom is -0.295 e. The molecule has 0 spiro atoms. The van der Waals surface area contributed by atoms with E-state index >= 15 is 0 Å². The third-order valence-electron chi connectivity index (χ3n) is 2.55. The molecule has 2 rings (SSSR count). The van der Waals surface area contributed by atoms with Crippen molar-refractivity contribution in [2.24, 2.45) is 0 Å². The smallest absolute Gasteiger partial charge is 0.245 e. The Labute approximate surface area is 103 Å². The van der Waals surface area contributed by atoms with Gasteiger partial charge in [-0.05, 0) is 24.0 Å². The van der Waals surface area contributed by atoms with E-state index in [-0.39, 0.29) is 5.91 Å². The average molecular weight is 256 g/mol. The fraction of sp³-hybridized carbons (Fsp3) is 0.273. The van der Waals surface area contributed by atoms with Gasteiger partial charge in [-0.1, -0.05) is 12.1 Å². The molecule has 84 valence electrons. The number of thioether (sulfide) groups is 1. The van der Waals surface area contributed by atoms with Crippen LogP contribution in [0.5, 0.6) is 0 Å². The Kier molecular flexibility index (Phi) is 3.21. The van der Waals surface area contributed by atoms with E-state index in [0.29, 0.717) is 0 Å².